The number of aliphatic hydroxyl groups is 2. The van der Waals surface area contributed by atoms with Crippen molar-refractivity contribution in [2.24, 2.45) is 52.3 Å². The van der Waals surface area contributed by atoms with Gasteiger partial charge in [0.1, 0.15) is 0 Å². The Morgan fingerprint density at radius 1 is 0.882 bits per heavy atom. The van der Waals surface area contributed by atoms with Crippen LogP contribution in [-0.4, -0.2) is 28.1 Å². The fourth-order valence-corrected chi connectivity index (χ4v) is 9.38. The topological polar surface area (TPSA) is 40.5 Å². The average Bonchev–Trinajstić information content (AvgIpc) is 3.09. The van der Waals surface area contributed by atoms with E-state index in [-0.39, 0.29) is 30.3 Å². The number of fused-ring (bicyclic) bond motifs is 5. The lowest BCUT2D eigenvalue weighted by Gasteiger charge is -2.57. The fourth-order valence-electron chi connectivity index (χ4n) is 9.38. The van der Waals surface area contributed by atoms with E-state index in [4.69, 9.17) is 0 Å². The molecule has 0 heterocycles. The van der Waals surface area contributed by atoms with Gasteiger partial charge in [0.15, 0.2) is 5.60 Å². The molecule has 2 N–H and O–H groups in total. The monoisotopic (exact) mass is 486 g/mol. The standard InChI is InChI=1S/C29H49F3O2/c1-18(7-6-8-25(33)26(2,3)4)23-11-12-24-22-10-9-19-17-28(34,29(30,31)32)16-14-20(19)21(22)13-15-27(23,24)5/h18-25,33-34H,6-17H2,1-5H3/t18-,19+,20+,21-,22-,23-,24+,25-,27-,28+/m1/s1. The number of hydrogen-bond donors (Lipinski definition) is 2. The quantitative estimate of drug-likeness (QED) is 0.417. The minimum absolute atomic E-state index is 0.0383. The summed E-state index contributed by atoms with van der Waals surface area (Å²) in [7, 11) is 0. The minimum atomic E-state index is -4.50. The van der Waals surface area contributed by atoms with Crippen LogP contribution in [0.5, 0.6) is 0 Å². The summed E-state index contributed by atoms with van der Waals surface area (Å²) in [5.41, 5.74) is -2.16. The van der Waals surface area contributed by atoms with Gasteiger partial charge in [-0.15, -0.1) is 0 Å². The zero-order valence-corrected chi connectivity index (χ0v) is 22.1. The molecule has 4 aliphatic rings. The van der Waals surface area contributed by atoms with Crippen molar-refractivity contribution < 1.29 is 23.4 Å². The lowest BCUT2D eigenvalue weighted by atomic mass is 9.48. The van der Waals surface area contributed by atoms with E-state index in [2.05, 4.69) is 34.6 Å². The van der Waals surface area contributed by atoms with Gasteiger partial charge in [-0.3, -0.25) is 0 Å². The highest BCUT2D eigenvalue weighted by Gasteiger charge is 2.62. The number of aliphatic hydroxyl groups excluding tert-OH is 1. The largest absolute Gasteiger partial charge is 0.417 e. The van der Waals surface area contributed by atoms with Crippen LogP contribution in [0.15, 0.2) is 0 Å². The van der Waals surface area contributed by atoms with Crippen molar-refractivity contribution >= 4 is 0 Å². The first-order chi connectivity index (χ1) is 15.7. The summed E-state index contributed by atoms with van der Waals surface area (Å²) in [5.74, 6) is 3.74. The van der Waals surface area contributed by atoms with Crippen LogP contribution >= 0.6 is 0 Å². The Labute approximate surface area is 205 Å². The zero-order chi connectivity index (χ0) is 25.1. The Morgan fingerprint density at radius 2 is 1.56 bits per heavy atom. The van der Waals surface area contributed by atoms with Gasteiger partial charge < -0.3 is 10.2 Å². The highest BCUT2D eigenvalue weighted by molar-refractivity contribution is 5.08. The molecule has 0 radical (unpaired) electrons. The number of rotatable bonds is 5. The van der Waals surface area contributed by atoms with E-state index in [1.54, 1.807) is 0 Å². The maximum absolute atomic E-state index is 13.5. The molecule has 4 aliphatic carbocycles. The lowest BCUT2D eigenvalue weighted by molar-refractivity contribution is -0.282. The molecule has 0 aliphatic heterocycles. The summed E-state index contributed by atoms with van der Waals surface area (Å²) in [5, 5.41) is 20.8. The van der Waals surface area contributed by atoms with Crippen LogP contribution in [0.2, 0.25) is 0 Å². The zero-order valence-electron chi connectivity index (χ0n) is 22.1. The average molecular weight is 487 g/mol. The fraction of sp³-hybridized carbons (Fsp3) is 1.00. The summed E-state index contributed by atoms with van der Waals surface area (Å²) in [4.78, 5) is 0. The summed E-state index contributed by atoms with van der Waals surface area (Å²) in [6.07, 6.45) is 5.59. The van der Waals surface area contributed by atoms with Gasteiger partial charge in [0.05, 0.1) is 6.10 Å². The molecule has 0 bridgehead atoms. The summed E-state index contributed by atoms with van der Waals surface area (Å²) < 4.78 is 40.5. The van der Waals surface area contributed by atoms with Crippen LogP contribution in [0, 0.1) is 52.3 Å². The normalized spacial score (nSPS) is 44.6. The van der Waals surface area contributed by atoms with Crippen molar-refractivity contribution in [2.75, 3.05) is 0 Å². The highest BCUT2D eigenvalue weighted by Crippen LogP contribution is 2.66. The van der Waals surface area contributed by atoms with Crippen molar-refractivity contribution in [3.8, 4) is 0 Å². The highest BCUT2D eigenvalue weighted by atomic mass is 19.4. The van der Waals surface area contributed by atoms with Crippen molar-refractivity contribution in [1.82, 2.24) is 0 Å². The van der Waals surface area contributed by atoms with E-state index in [1.807, 2.05) is 0 Å². The van der Waals surface area contributed by atoms with E-state index in [0.717, 1.165) is 38.0 Å². The van der Waals surface area contributed by atoms with E-state index < -0.39 is 11.8 Å². The molecular formula is C29H49F3O2. The second-order valence-corrected chi connectivity index (χ2v) is 14.2. The molecule has 0 aromatic carbocycles. The minimum Gasteiger partial charge on any atom is -0.393 e. The second-order valence-electron chi connectivity index (χ2n) is 14.2. The number of alkyl halides is 3. The van der Waals surface area contributed by atoms with Gasteiger partial charge in [0, 0.05) is 0 Å². The molecular weight excluding hydrogens is 437 g/mol. The van der Waals surface area contributed by atoms with E-state index in [0.29, 0.717) is 41.4 Å². The van der Waals surface area contributed by atoms with E-state index >= 15 is 0 Å². The van der Waals surface area contributed by atoms with Crippen LogP contribution in [0.25, 0.3) is 0 Å². The molecule has 34 heavy (non-hydrogen) atoms. The third-order valence-corrected chi connectivity index (χ3v) is 11.4. The third-order valence-electron chi connectivity index (χ3n) is 11.4. The molecule has 0 unspecified atom stereocenters. The Bertz CT molecular complexity index is 715. The third kappa shape index (κ3) is 4.71. The summed E-state index contributed by atoms with van der Waals surface area (Å²) in [6, 6.07) is 0. The Kier molecular flexibility index (Phi) is 7.26. The molecule has 0 aromatic heterocycles. The molecule has 5 heteroatoms. The van der Waals surface area contributed by atoms with Crippen LogP contribution < -0.4 is 0 Å². The predicted molar refractivity (Wildman–Crippen MR) is 130 cm³/mol. The predicted octanol–water partition coefficient (Wildman–Crippen LogP) is 7.76. The van der Waals surface area contributed by atoms with Gasteiger partial charge in [-0.1, -0.05) is 47.5 Å². The first kappa shape index (κ1) is 26.8. The molecule has 4 fully saturated rings. The van der Waals surface area contributed by atoms with Gasteiger partial charge >= 0.3 is 6.18 Å². The SMILES string of the molecule is C[C@H](CCC[C@@H](O)C(C)(C)C)[C@H]1CC[C@H]2[C@@H]3CC[C@H]4C[C@](O)(C(F)(F)F)CC[C@@H]4[C@H]3CC[C@]12C. The van der Waals surface area contributed by atoms with Gasteiger partial charge in [0.25, 0.3) is 0 Å². The molecule has 198 valence electrons. The van der Waals surface area contributed by atoms with Gasteiger partial charge in [-0.25, -0.2) is 0 Å². The molecule has 0 aromatic rings. The second kappa shape index (κ2) is 9.23. The molecule has 10 atom stereocenters. The number of hydrogen-bond acceptors (Lipinski definition) is 2. The lowest BCUT2D eigenvalue weighted by Crippen LogP contribution is -2.55. The van der Waals surface area contributed by atoms with Crippen LogP contribution in [0.3, 0.4) is 0 Å². The van der Waals surface area contributed by atoms with Crippen molar-refractivity contribution in [2.45, 2.75) is 130 Å². The van der Waals surface area contributed by atoms with Crippen molar-refractivity contribution in [1.29, 1.82) is 0 Å². The Morgan fingerprint density at radius 3 is 2.21 bits per heavy atom. The summed E-state index contributed by atoms with van der Waals surface area (Å²) >= 11 is 0. The smallest absolute Gasteiger partial charge is 0.393 e. The van der Waals surface area contributed by atoms with Crippen molar-refractivity contribution in [3.63, 3.8) is 0 Å². The van der Waals surface area contributed by atoms with Crippen LogP contribution in [0.4, 0.5) is 13.2 Å². The van der Waals surface area contributed by atoms with E-state index in [1.165, 1.54) is 25.7 Å². The van der Waals surface area contributed by atoms with Crippen molar-refractivity contribution in [3.05, 3.63) is 0 Å². The maximum Gasteiger partial charge on any atom is 0.417 e. The Balaban J connectivity index is 1.38. The number of halogens is 3. The molecule has 0 spiro atoms. The molecule has 0 amide bonds. The molecule has 4 rings (SSSR count). The molecule has 0 saturated heterocycles. The van der Waals surface area contributed by atoms with Crippen LogP contribution in [0.1, 0.15) is 112 Å². The van der Waals surface area contributed by atoms with Gasteiger partial charge in [0.2, 0.25) is 0 Å². The van der Waals surface area contributed by atoms with Gasteiger partial charge in [-0.2, -0.15) is 13.2 Å². The van der Waals surface area contributed by atoms with E-state index in [9.17, 15) is 23.4 Å². The molecule has 4 saturated carbocycles. The van der Waals surface area contributed by atoms with Crippen LogP contribution in [-0.2, 0) is 0 Å². The maximum atomic E-state index is 13.5. The first-order valence-corrected chi connectivity index (χ1v) is 14.1. The molecule has 2 nitrogen and oxygen atoms in total. The Hall–Kier alpha value is -0.290. The van der Waals surface area contributed by atoms with Gasteiger partial charge in [-0.05, 0) is 116 Å². The summed E-state index contributed by atoms with van der Waals surface area (Å²) in [6.45, 7) is 11.3. The first-order valence-electron chi connectivity index (χ1n) is 14.1.